The molecule has 110 valence electrons. The first-order valence-corrected chi connectivity index (χ1v) is 7.05. The maximum Gasteiger partial charge on any atom is 0.326 e. The molecule has 5 heteroatoms. The van der Waals surface area contributed by atoms with E-state index in [-0.39, 0.29) is 0 Å². The number of fused-ring (bicyclic) bond motifs is 1. The zero-order chi connectivity index (χ0) is 15.0. The molecule has 0 aliphatic carbocycles. The third-order valence-electron chi connectivity index (χ3n) is 3.98. The van der Waals surface area contributed by atoms with Crippen molar-refractivity contribution in [3.05, 3.63) is 30.0 Å². The number of carbonyl (C=O) groups is 1. The minimum absolute atomic E-state index is 0.457. The minimum Gasteiger partial charge on any atom is -0.494 e. The van der Waals surface area contributed by atoms with Crippen molar-refractivity contribution in [1.82, 2.24) is 4.98 Å². The molecule has 5 nitrogen and oxygen atoms in total. The molecule has 1 N–H and O–H groups in total. The van der Waals surface area contributed by atoms with Gasteiger partial charge < -0.3 is 14.7 Å². The van der Waals surface area contributed by atoms with Crippen LogP contribution in [0.4, 0.5) is 5.69 Å². The van der Waals surface area contributed by atoms with E-state index in [0.29, 0.717) is 12.2 Å². The molecule has 3 rings (SSSR count). The number of carboxylic acids is 1. The molecule has 0 spiro atoms. The van der Waals surface area contributed by atoms with Gasteiger partial charge in [-0.05, 0) is 31.9 Å². The summed E-state index contributed by atoms with van der Waals surface area (Å²) in [4.78, 5) is 18.0. The number of rotatable bonds is 3. The van der Waals surface area contributed by atoms with Gasteiger partial charge in [-0.3, -0.25) is 0 Å². The number of aliphatic carboxylic acids is 1. The topological polar surface area (TPSA) is 62.7 Å². The van der Waals surface area contributed by atoms with Gasteiger partial charge >= 0.3 is 5.97 Å². The van der Waals surface area contributed by atoms with Gasteiger partial charge in [-0.25, -0.2) is 9.78 Å². The molecule has 2 aromatic rings. The predicted octanol–water partition coefficient (Wildman–Crippen LogP) is 2.61. The fourth-order valence-corrected chi connectivity index (χ4v) is 3.04. The first-order chi connectivity index (χ1) is 10.1. The van der Waals surface area contributed by atoms with E-state index in [4.69, 9.17) is 4.74 Å². The van der Waals surface area contributed by atoms with E-state index in [0.717, 1.165) is 35.2 Å². The Hall–Kier alpha value is -2.30. The van der Waals surface area contributed by atoms with Gasteiger partial charge in [0, 0.05) is 23.3 Å². The van der Waals surface area contributed by atoms with Crippen molar-refractivity contribution in [3.63, 3.8) is 0 Å². The van der Waals surface area contributed by atoms with Crippen molar-refractivity contribution in [1.29, 1.82) is 0 Å². The van der Waals surface area contributed by atoms with Gasteiger partial charge in [-0.1, -0.05) is 12.1 Å². The average Bonchev–Trinajstić information content (AvgIpc) is 2.95. The summed E-state index contributed by atoms with van der Waals surface area (Å²) in [6.45, 7) is 2.67. The van der Waals surface area contributed by atoms with Crippen LogP contribution in [0.15, 0.2) is 24.3 Å². The number of hydrogen-bond acceptors (Lipinski definition) is 4. The van der Waals surface area contributed by atoms with E-state index in [1.807, 2.05) is 36.1 Å². The molecule has 1 aromatic heterocycles. The number of benzene rings is 1. The van der Waals surface area contributed by atoms with Gasteiger partial charge in [-0.15, -0.1) is 0 Å². The van der Waals surface area contributed by atoms with Gasteiger partial charge in [0.25, 0.3) is 0 Å². The second-order valence-corrected chi connectivity index (χ2v) is 5.33. The maximum absolute atomic E-state index is 11.4. The lowest BCUT2D eigenvalue weighted by Crippen LogP contribution is -2.36. The van der Waals surface area contributed by atoms with Gasteiger partial charge in [0.2, 0.25) is 0 Å². The molecule has 1 fully saturated rings. The zero-order valence-corrected chi connectivity index (χ0v) is 12.2. The SMILES string of the molecule is COc1cccc2c(N3CCC[C@H]3C(=O)O)cc(C)nc12. The van der Waals surface area contributed by atoms with Crippen molar-refractivity contribution in [2.75, 3.05) is 18.6 Å². The monoisotopic (exact) mass is 286 g/mol. The quantitative estimate of drug-likeness (QED) is 0.939. The number of aromatic nitrogens is 1. The first-order valence-electron chi connectivity index (χ1n) is 7.05. The van der Waals surface area contributed by atoms with Crippen LogP contribution in [-0.2, 0) is 4.79 Å². The van der Waals surface area contributed by atoms with E-state index in [1.54, 1.807) is 7.11 Å². The lowest BCUT2D eigenvalue weighted by molar-refractivity contribution is -0.138. The molecule has 21 heavy (non-hydrogen) atoms. The largest absolute Gasteiger partial charge is 0.494 e. The van der Waals surface area contributed by atoms with E-state index in [1.165, 1.54) is 0 Å². The van der Waals surface area contributed by atoms with Gasteiger partial charge in [-0.2, -0.15) is 0 Å². The minimum atomic E-state index is -0.766. The normalized spacial score (nSPS) is 18.2. The summed E-state index contributed by atoms with van der Waals surface area (Å²) in [5.41, 5.74) is 2.57. The molecule has 0 radical (unpaired) electrons. The summed E-state index contributed by atoms with van der Waals surface area (Å²) in [5.74, 6) is -0.0541. The number of carboxylic acid groups (broad SMARTS) is 1. The summed E-state index contributed by atoms with van der Waals surface area (Å²) in [7, 11) is 1.62. The van der Waals surface area contributed by atoms with Crippen molar-refractivity contribution < 1.29 is 14.6 Å². The van der Waals surface area contributed by atoms with Crippen molar-refractivity contribution in [2.24, 2.45) is 0 Å². The Morgan fingerprint density at radius 1 is 1.48 bits per heavy atom. The number of nitrogens with zero attached hydrogens (tertiary/aromatic N) is 2. The molecule has 1 saturated heterocycles. The second kappa shape index (κ2) is 5.24. The third-order valence-corrected chi connectivity index (χ3v) is 3.98. The Morgan fingerprint density at radius 3 is 3.00 bits per heavy atom. The van der Waals surface area contributed by atoms with Crippen molar-refractivity contribution in [2.45, 2.75) is 25.8 Å². The third kappa shape index (κ3) is 2.28. The van der Waals surface area contributed by atoms with Crippen LogP contribution in [0, 0.1) is 6.92 Å². The molecule has 0 unspecified atom stereocenters. The predicted molar refractivity (Wildman–Crippen MR) is 81.0 cm³/mol. The smallest absolute Gasteiger partial charge is 0.326 e. The fourth-order valence-electron chi connectivity index (χ4n) is 3.04. The molecule has 0 saturated carbocycles. The van der Waals surface area contributed by atoms with E-state index in [9.17, 15) is 9.90 Å². The zero-order valence-electron chi connectivity index (χ0n) is 12.2. The molecule has 1 atom stereocenters. The van der Waals surface area contributed by atoms with Crippen LogP contribution < -0.4 is 9.64 Å². The Balaban J connectivity index is 2.20. The van der Waals surface area contributed by atoms with Crippen LogP contribution in [0.1, 0.15) is 18.5 Å². The van der Waals surface area contributed by atoms with Crippen LogP contribution >= 0.6 is 0 Å². The molecular formula is C16H18N2O3. The van der Waals surface area contributed by atoms with Crippen molar-refractivity contribution in [3.8, 4) is 5.75 Å². The number of aryl methyl sites for hydroxylation is 1. The number of pyridine rings is 1. The van der Waals surface area contributed by atoms with Crippen LogP contribution in [0.5, 0.6) is 5.75 Å². The van der Waals surface area contributed by atoms with E-state index < -0.39 is 12.0 Å². The first kappa shape index (κ1) is 13.7. The summed E-state index contributed by atoms with van der Waals surface area (Å²) < 4.78 is 5.38. The highest BCUT2D eigenvalue weighted by molar-refractivity contribution is 5.97. The highest BCUT2D eigenvalue weighted by Gasteiger charge is 2.31. The maximum atomic E-state index is 11.4. The highest BCUT2D eigenvalue weighted by atomic mass is 16.5. The standard InChI is InChI=1S/C16H18N2O3/c1-10-9-13(18-8-4-6-12(18)16(19)20)11-5-3-7-14(21-2)15(11)17-10/h3,5,7,9,12H,4,6,8H2,1-2H3,(H,19,20)/t12-/m0/s1. The van der Waals surface area contributed by atoms with Crippen LogP contribution in [0.3, 0.4) is 0 Å². The van der Waals surface area contributed by atoms with Crippen LogP contribution in [0.2, 0.25) is 0 Å². The number of methoxy groups -OCH3 is 1. The van der Waals surface area contributed by atoms with E-state index in [2.05, 4.69) is 4.98 Å². The summed E-state index contributed by atoms with van der Waals surface area (Å²) in [6.07, 6.45) is 1.58. The fraction of sp³-hybridized carbons (Fsp3) is 0.375. The lowest BCUT2D eigenvalue weighted by atomic mass is 10.1. The Bertz CT molecular complexity index is 699. The second-order valence-electron chi connectivity index (χ2n) is 5.33. The van der Waals surface area contributed by atoms with Crippen LogP contribution in [0.25, 0.3) is 10.9 Å². The molecule has 0 amide bonds. The van der Waals surface area contributed by atoms with Gasteiger partial charge in [0.1, 0.15) is 17.3 Å². The number of para-hydroxylation sites is 1. The van der Waals surface area contributed by atoms with Gasteiger partial charge in [0.15, 0.2) is 0 Å². The summed E-state index contributed by atoms with van der Waals surface area (Å²) in [6, 6.07) is 7.26. The summed E-state index contributed by atoms with van der Waals surface area (Å²) >= 11 is 0. The number of ether oxygens (including phenoxy) is 1. The Morgan fingerprint density at radius 2 is 2.29 bits per heavy atom. The summed E-state index contributed by atoms with van der Waals surface area (Å²) in [5, 5.41) is 10.3. The van der Waals surface area contributed by atoms with E-state index >= 15 is 0 Å². The number of anilines is 1. The molecule has 1 aliphatic rings. The Labute approximate surface area is 123 Å². The Kier molecular flexibility index (Phi) is 3.41. The van der Waals surface area contributed by atoms with Crippen LogP contribution in [-0.4, -0.2) is 35.8 Å². The van der Waals surface area contributed by atoms with Gasteiger partial charge in [0.05, 0.1) is 7.11 Å². The molecule has 2 heterocycles. The molecule has 1 aliphatic heterocycles. The number of hydrogen-bond donors (Lipinski definition) is 1. The average molecular weight is 286 g/mol. The molecule has 0 bridgehead atoms. The lowest BCUT2D eigenvalue weighted by Gasteiger charge is -2.25. The highest BCUT2D eigenvalue weighted by Crippen LogP contribution is 2.35. The molecular weight excluding hydrogens is 268 g/mol. The van der Waals surface area contributed by atoms with Crippen molar-refractivity contribution >= 4 is 22.6 Å². The molecule has 1 aromatic carbocycles.